The van der Waals surface area contributed by atoms with Crippen LogP contribution in [-0.4, -0.2) is 43.2 Å². The third-order valence-corrected chi connectivity index (χ3v) is 5.40. The molecule has 0 aliphatic carbocycles. The zero-order valence-electron chi connectivity index (χ0n) is 11.7. The number of hydrogen-bond donors (Lipinski definition) is 0. The molecular formula is C12H16BrClN2O3PdS. The van der Waals surface area contributed by atoms with Gasteiger partial charge in [0.05, 0.1) is 10.8 Å². The van der Waals surface area contributed by atoms with Crippen molar-refractivity contribution in [2.24, 2.45) is 0 Å². The van der Waals surface area contributed by atoms with Crippen molar-refractivity contribution in [3.63, 3.8) is 0 Å². The maximum atomic E-state index is 12.2. The van der Waals surface area contributed by atoms with Gasteiger partial charge in [0.15, 0.2) is 0 Å². The monoisotopic (exact) mass is 488 g/mol. The predicted molar refractivity (Wildman–Crippen MR) is 82.8 cm³/mol. The molecule has 1 aromatic rings. The Labute approximate surface area is 149 Å². The quantitative estimate of drug-likeness (QED) is 0.362. The van der Waals surface area contributed by atoms with Crippen LogP contribution in [-0.2, 0) is 33.0 Å². The van der Waals surface area contributed by atoms with Crippen LogP contribution in [0.15, 0.2) is 29.2 Å². The normalized spacial score (nSPS) is 10.7. The summed E-state index contributed by atoms with van der Waals surface area (Å²) in [5, 5.41) is 0. The summed E-state index contributed by atoms with van der Waals surface area (Å²) in [6.45, 7) is 1.85. The molecule has 0 saturated heterocycles. The summed E-state index contributed by atoms with van der Waals surface area (Å²) < 4.78 is 25.3. The van der Waals surface area contributed by atoms with Gasteiger partial charge in [-0.2, -0.15) is 3.33 Å². The molecule has 5 nitrogen and oxygen atoms in total. The van der Waals surface area contributed by atoms with Gasteiger partial charge in [0.25, 0.3) is 0 Å². The van der Waals surface area contributed by atoms with E-state index >= 15 is 0 Å². The van der Waals surface area contributed by atoms with Crippen molar-refractivity contribution in [2.45, 2.75) is 11.8 Å². The summed E-state index contributed by atoms with van der Waals surface area (Å²) in [4.78, 5) is 12.9. The second kappa shape index (κ2) is 9.83. The van der Waals surface area contributed by atoms with Crippen LogP contribution in [0.25, 0.3) is 0 Å². The SMILES string of the molecule is Cc1ccc(S(=O)(=O)N(Br)C[CH-]C(=O)N(C)C)cc1.[Cl][Pd+]. The zero-order valence-corrected chi connectivity index (χ0v) is 16.4. The predicted octanol–water partition coefficient (Wildman–Crippen LogP) is 2.28. The number of hydrogen-bond acceptors (Lipinski definition) is 3. The van der Waals surface area contributed by atoms with Crippen LogP contribution >= 0.6 is 25.7 Å². The Hall–Kier alpha value is -0.0977. The molecule has 1 aromatic carbocycles. The van der Waals surface area contributed by atoms with Gasteiger partial charge in [-0.15, -0.1) is 0 Å². The van der Waals surface area contributed by atoms with E-state index in [1.165, 1.54) is 23.5 Å². The van der Waals surface area contributed by atoms with E-state index in [2.05, 4.69) is 43.9 Å². The molecule has 122 valence electrons. The molecule has 0 atom stereocenters. The first-order valence-electron chi connectivity index (χ1n) is 5.67. The van der Waals surface area contributed by atoms with E-state index in [0.29, 0.717) is 0 Å². The fourth-order valence-electron chi connectivity index (χ4n) is 1.26. The molecule has 9 heteroatoms. The molecule has 0 aliphatic heterocycles. The third kappa shape index (κ3) is 6.68. The zero-order chi connectivity index (χ0) is 16.6. The Morgan fingerprint density at radius 1 is 1.29 bits per heavy atom. The van der Waals surface area contributed by atoms with Crippen LogP contribution in [0.4, 0.5) is 0 Å². The average molecular weight is 490 g/mol. The molecule has 21 heavy (non-hydrogen) atoms. The average Bonchev–Trinajstić information content (AvgIpc) is 2.46. The van der Waals surface area contributed by atoms with Gasteiger partial charge in [0, 0.05) is 30.2 Å². The molecule has 0 N–H and O–H groups in total. The molecule has 0 spiro atoms. The second-order valence-electron chi connectivity index (χ2n) is 4.23. The van der Waals surface area contributed by atoms with Crippen molar-refractivity contribution in [3.05, 3.63) is 36.2 Å². The van der Waals surface area contributed by atoms with Crippen molar-refractivity contribution in [1.29, 1.82) is 0 Å². The van der Waals surface area contributed by atoms with Crippen LogP contribution in [0.3, 0.4) is 0 Å². The summed E-state index contributed by atoms with van der Waals surface area (Å²) >= 11 is 5.20. The van der Waals surface area contributed by atoms with Gasteiger partial charge in [-0.3, -0.25) is 6.42 Å². The van der Waals surface area contributed by atoms with Gasteiger partial charge in [-0.25, -0.2) is 8.42 Å². The molecule has 0 bridgehead atoms. The molecule has 0 heterocycles. The summed E-state index contributed by atoms with van der Waals surface area (Å²) in [5.41, 5.74) is 0.981. The van der Waals surface area contributed by atoms with Gasteiger partial charge in [0.2, 0.25) is 10.0 Å². The number of carbonyl (C=O) groups excluding carboxylic acids is 1. The summed E-state index contributed by atoms with van der Waals surface area (Å²) in [6.07, 6.45) is 1.29. The van der Waals surface area contributed by atoms with Crippen LogP contribution in [0.5, 0.6) is 0 Å². The van der Waals surface area contributed by atoms with E-state index in [1.54, 1.807) is 26.2 Å². The number of nitrogens with zero attached hydrogens (tertiary/aromatic N) is 2. The summed E-state index contributed by atoms with van der Waals surface area (Å²) in [5.74, 6) is -0.247. The number of halogens is 2. The fraction of sp³-hybridized carbons (Fsp3) is 0.333. The van der Waals surface area contributed by atoms with Crippen LogP contribution < -0.4 is 0 Å². The third-order valence-electron chi connectivity index (χ3n) is 2.43. The Bertz CT molecular complexity index is 552. The van der Waals surface area contributed by atoms with Crippen LogP contribution in [0.1, 0.15) is 5.56 Å². The number of rotatable bonds is 5. The van der Waals surface area contributed by atoms with E-state index in [9.17, 15) is 13.2 Å². The van der Waals surface area contributed by atoms with Gasteiger partial charge < -0.3 is 9.69 Å². The van der Waals surface area contributed by atoms with E-state index in [-0.39, 0.29) is 17.3 Å². The molecular weight excluding hydrogens is 474 g/mol. The van der Waals surface area contributed by atoms with Crippen LogP contribution in [0.2, 0.25) is 0 Å². The van der Waals surface area contributed by atoms with E-state index in [4.69, 9.17) is 0 Å². The van der Waals surface area contributed by atoms with Crippen molar-refractivity contribution in [3.8, 4) is 0 Å². The molecule has 0 unspecified atom stereocenters. The molecule has 0 fully saturated rings. The topological polar surface area (TPSA) is 57.7 Å². The van der Waals surface area contributed by atoms with Crippen molar-refractivity contribution >= 4 is 41.6 Å². The number of benzene rings is 1. The van der Waals surface area contributed by atoms with Gasteiger partial charge in [0.1, 0.15) is 0 Å². The standard InChI is InChI=1S/C12H16BrN2O3S.ClH.Pd/c1-10-4-6-11(7-5-10)19(17,18)15(13)9-8-12(16)14(2)3;;/h4-8H,9H2,1-3H3;1H;/q-1;;+2/p-1. The summed E-state index contributed by atoms with van der Waals surface area (Å²) in [6, 6.07) is 6.52. The van der Waals surface area contributed by atoms with Gasteiger partial charge >= 0.3 is 27.7 Å². The Morgan fingerprint density at radius 2 is 1.76 bits per heavy atom. The first-order chi connectivity index (χ1) is 9.75. The van der Waals surface area contributed by atoms with E-state index in [1.807, 2.05) is 6.92 Å². The minimum absolute atomic E-state index is 0.0345. The first kappa shape index (κ1) is 20.9. The Balaban J connectivity index is 0.00000191. The molecule has 0 aromatic heterocycles. The number of aryl methyl sites for hydroxylation is 1. The number of sulfonamides is 1. The van der Waals surface area contributed by atoms with Crippen molar-refractivity contribution in [2.75, 3.05) is 20.6 Å². The fourth-order valence-corrected chi connectivity index (χ4v) is 2.88. The Kier molecular flexibility index (Phi) is 9.78. The molecule has 1 rings (SSSR count). The first-order valence-corrected chi connectivity index (χ1v) is 9.82. The Morgan fingerprint density at radius 3 is 2.19 bits per heavy atom. The summed E-state index contributed by atoms with van der Waals surface area (Å²) in [7, 11) is 4.07. The van der Waals surface area contributed by atoms with Crippen molar-refractivity contribution < 1.29 is 31.4 Å². The maximum absolute atomic E-state index is 12.2. The van der Waals surface area contributed by atoms with E-state index < -0.39 is 10.0 Å². The minimum atomic E-state index is -3.63. The van der Waals surface area contributed by atoms with Gasteiger partial charge in [-0.05, 0) is 19.1 Å². The number of carbonyl (C=O) groups is 1. The molecule has 0 aliphatic rings. The van der Waals surface area contributed by atoms with E-state index in [0.717, 1.165) is 8.89 Å². The second-order valence-corrected chi connectivity index (χ2v) is 7.41. The molecule has 1 amide bonds. The van der Waals surface area contributed by atoms with Gasteiger partial charge in [-0.1, -0.05) is 24.2 Å². The number of amides is 1. The van der Waals surface area contributed by atoms with Crippen molar-refractivity contribution in [1.82, 2.24) is 8.23 Å². The van der Waals surface area contributed by atoms with Crippen LogP contribution in [0, 0.1) is 13.3 Å². The molecule has 0 radical (unpaired) electrons. The molecule has 0 saturated carbocycles.